The van der Waals surface area contributed by atoms with Crippen molar-refractivity contribution >= 4 is 34.8 Å². The Labute approximate surface area is 327 Å². The van der Waals surface area contributed by atoms with E-state index >= 15 is 0 Å². The van der Waals surface area contributed by atoms with E-state index in [-0.39, 0.29) is 37.8 Å². The predicted octanol–water partition coefficient (Wildman–Crippen LogP) is 13.2. The van der Waals surface area contributed by atoms with Crippen molar-refractivity contribution in [1.82, 2.24) is 0 Å². The molecule has 0 aliphatic carbocycles. The van der Waals surface area contributed by atoms with E-state index in [2.05, 4.69) is 179 Å². The third kappa shape index (κ3) is 8.22. The topological polar surface area (TPSA) is 60.7 Å². The molecule has 0 spiro atoms. The maximum absolute atomic E-state index is 11.3. The van der Waals surface area contributed by atoms with E-state index in [1.807, 2.05) is 6.07 Å². The number of benzene rings is 5. The van der Waals surface area contributed by atoms with Crippen LogP contribution in [-0.4, -0.2) is 14.7 Å². The van der Waals surface area contributed by atoms with Gasteiger partial charge in [0, 0.05) is 0 Å². The zero-order valence-electron chi connectivity index (χ0n) is 36.7. The molecule has 0 unspecified atom stereocenters. The quantitative estimate of drug-likeness (QED) is 0.161. The van der Waals surface area contributed by atoms with Crippen molar-refractivity contribution in [3.63, 3.8) is 0 Å². The van der Waals surface area contributed by atoms with Crippen LogP contribution in [0.25, 0.3) is 43.8 Å². The van der Waals surface area contributed by atoms with Crippen molar-refractivity contribution < 1.29 is 14.7 Å². The van der Waals surface area contributed by atoms with Gasteiger partial charge in [0.05, 0.1) is 0 Å². The summed E-state index contributed by atoms with van der Waals surface area (Å²) in [6, 6.07) is 24.4. The molecule has 0 heterocycles. The summed E-state index contributed by atoms with van der Waals surface area (Å²) in [5.41, 5.74) is 10.0. The van der Waals surface area contributed by atoms with Gasteiger partial charge in [0.2, 0.25) is 0 Å². The molecule has 3 N–H and O–H groups in total. The second-order valence-corrected chi connectivity index (χ2v) is 24.0. The van der Waals surface area contributed by atoms with E-state index in [9.17, 15) is 14.7 Å². The Morgan fingerprint density at radius 1 is 0.370 bits per heavy atom. The van der Waals surface area contributed by atoms with Crippen LogP contribution in [0.4, 0.5) is 0 Å². The second kappa shape index (κ2) is 13.3. The Hall–Kier alpha value is -3.07. The Balaban J connectivity index is 2.06. The van der Waals surface area contributed by atoms with E-state index < -0.39 is 7.94 Å². The van der Waals surface area contributed by atoms with Gasteiger partial charge in [0.1, 0.15) is 0 Å². The van der Waals surface area contributed by atoms with Gasteiger partial charge >= 0.3 is 329 Å². The molecular weight excluding hydrogens is 680 g/mol. The van der Waals surface area contributed by atoms with E-state index in [0.717, 1.165) is 27.6 Å². The fraction of sp³-hybridized carbons (Fsp3) is 0.480. The van der Waals surface area contributed by atoms with Crippen LogP contribution in [0.3, 0.4) is 0 Å². The fourth-order valence-corrected chi connectivity index (χ4v) is 8.87. The zero-order chi connectivity index (χ0) is 40.9. The normalized spacial score (nSPS) is 14.3. The molecule has 0 bridgehead atoms. The molecule has 4 heteroatoms. The maximum atomic E-state index is 11.3. The van der Waals surface area contributed by atoms with E-state index in [1.54, 1.807) is 6.07 Å². The Kier molecular flexibility index (Phi) is 10.3. The molecule has 292 valence electrons. The van der Waals surface area contributed by atoms with E-state index in [4.69, 9.17) is 0 Å². The molecule has 0 saturated carbocycles. The average molecular weight is 749 g/mol. The second-order valence-electron chi connectivity index (χ2n) is 22.1. The molecule has 5 aromatic carbocycles. The molecular formula is C50H69O3P. The van der Waals surface area contributed by atoms with Gasteiger partial charge in [-0.25, -0.2) is 0 Å². The van der Waals surface area contributed by atoms with Crippen LogP contribution in [0.5, 0.6) is 0 Å². The third-order valence-corrected chi connectivity index (χ3v) is 12.3. The monoisotopic (exact) mass is 748 g/mol. The summed E-state index contributed by atoms with van der Waals surface area (Å²) in [5.74, 6) is 0. The van der Waals surface area contributed by atoms with Gasteiger partial charge in [-0.15, -0.1) is 0 Å². The summed E-state index contributed by atoms with van der Waals surface area (Å²) < 4.78 is 0. The number of rotatable bonds is 3. The van der Waals surface area contributed by atoms with Crippen LogP contribution in [-0.2, 0) is 32.5 Å². The fourth-order valence-electron chi connectivity index (χ4n) is 7.95. The van der Waals surface area contributed by atoms with E-state index in [1.165, 1.54) is 44.0 Å². The van der Waals surface area contributed by atoms with Crippen LogP contribution >= 0.6 is 7.94 Å². The molecule has 0 aliphatic rings. The Morgan fingerprint density at radius 2 is 0.741 bits per heavy atom. The molecule has 3 nitrogen and oxygen atoms in total. The summed E-state index contributed by atoms with van der Waals surface area (Å²) in [5, 5.41) is 4.91. The van der Waals surface area contributed by atoms with Crippen LogP contribution < -0.4 is 5.30 Å². The first-order valence-electron chi connectivity index (χ1n) is 19.8. The van der Waals surface area contributed by atoms with Crippen LogP contribution in [0, 0.1) is 0 Å². The predicted molar refractivity (Wildman–Crippen MR) is 239 cm³/mol. The van der Waals surface area contributed by atoms with Gasteiger partial charge in [-0.05, 0) is 0 Å². The molecule has 0 atom stereocenters. The van der Waals surface area contributed by atoms with Gasteiger partial charge in [0.25, 0.3) is 0 Å². The van der Waals surface area contributed by atoms with Crippen LogP contribution in [0.2, 0.25) is 0 Å². The summed E-state index contributed by atoms with van der Waals surface area (Å²) in [6.45, 7) is 40.7. The molecule has 0 aromatic heterocycles. The van der Waals surface area contributed by atoms with Gasteiger partial charge in [-0.2, -0.15) is 0 Å². The van der Waals surface area contributed by atoms with Crippen molar-refractivity contribution in [3.8, 4) is 22.3 Å². The molecule has 54 heavy (non-hydrogen) atoms. The molecule has 0 fully saturated rings. The third-order valence-electron chi connectivity index (χ3n) is 11.1. The van der Waals surface area contributed by atoms with Gasteiger partial charge < -0.3 is 0 Å². The zero-order valence-corrected chi connectivity index (χ0v) is 37.7. The van der Waals surface area contributed by atoms with Crippen molar-refractivity contribution in [3.05, 3.63) is 100 Å². The minimum absolute atomic E-state index is 0.0212. The Morgan fingerprint density at radius 3 is 1.09 bits per heavy atom. The van der Waals surface area contributed by atoms with Crippen molar-refractivity contribution in [2.75, 3.05) is 0 Å². The summed E-state index contributed by atoms with van der Waals surface area (Å²) in [7, 11) is -4.84. The molecule has 0 saturated heterocycles. The number of hydrogen-bond donors (Lipinski definition) is 3. The first kappa shape index (κ1) is 42.1. The summed E-state index contributed by atoms with van der Waals surface area (Å²) >= 11 is 0. The van der Waals surface area contributed by atoms with E-state index in [0.29, 0.717) is 5.56 Å². The van der Waals surface area contributed by atoms with Gasteiger partial charge in [-0.3, -0.25) is 0 Å². The molecule has 0 aliphatic heterocycles. The van der Waals surface area contributed by atoms with Crippen molar-refractivity contribution in [2.24, 2.45) is 0 Å². The van der Waals surface area contributed by atoms with Crippen molar-refractivity contribution in [1.29, 1.82) is 0 Å². The average Bonchev–Trinajstić information content (AvgIpc) is 2.98. The van der Waals surface area contributed by atoms with Crippen LogP contribution in [0.15, 0.2) is 66.7 Å². The molecule has 5 rings (SSSR count). The van der Waals surface area contributed by atoms with Crippen LogP contribution in [0.1, 0.15) is 158 Å². The van der Waals surface area contributed by atoms with Gasteiger partial charge in [-0.1, -0.05) is 0 Å². The molecule has 0 amide bonds. The first-order chi connectivity index (χ1) is 24.2. The number of fused-ring (bicyclic) bond motifs is 2. The summed E-state index contributed by atoms with van der Waals surface area (Å²) in [4.78, 5) is 34.0. The minimum atomic E-state index is -4.84. The Bertz CT molecular complexity index is 2240. The molecule has 0 radical (unpaired) electrons. The van der Waals surface area contributed by atoms with Crippen molar-refractivity contribution in [2.45, 2.75) is 157 Å². The van der Waals surface area contributed by atoms with Gasteiger partial charge in [0.15, 0.2) is 0 Å². The summed E-state index contributed by atoms with van der Waals surface area (Å²) in [6.07, 6.45) is 0. The first-order valence-corrected chi connectivity index (χ1v) is 21.6. The SMILES string of the molecule is CC(C)(C)c1cc(C(C)(C)C)c2cc(-c3cccc([PH](O)(O)O)c3-c3cc4c(C(C)(C)C)cc(C(C)(C)C)cc4cc3C(C)(C)C)c(C(C)(C)C)cc2c1. The number of hydrogen-bond acceptors (Lipinski definition) is 3. The molecule has 5 aromatic rings. The standard InChI is InChI=1S/C50H69O3P/c1-45(2,3)32-22-30-24-39(47(7,8)9)37(28-35(30)41(26-32)49(13,14)15)34-20-19-21-43(54(51,52)53)44(34)38-29-36-31(25-40(38)48(10,11)12)23-33(46(4,5)6)27-42(36)50(16,17)18/h19-29,51-54H,1-18H3.